The van der Waals surface area contributed by atoms with Crippen molar-refractivity contribution >= 4 is 34.1 Å². The van der Waals surface area contributed by atoms with Crippen molar-refractivity contribution in [3.8, 4) is 0 Å². The van der Waals surface area contributed by atoms with Crippen molar-refractivity contribution in [2.45, 2.75) is 23.9 Å². The van der Waals surface area contributed by atoms with Gasteiger partial charge >= 0.3 is 0 Å². The van der Waals surface area contributed by atoms with Gasteiger partial charge in [0.1, 0.15) is 5.37 Å². The second kappa shape index (κ2) is 6.59. The molecule has 1 unspecified atom stereocenters. The first-order valence-corrected chi connectivity index (χ1v) is 10.0. The van der Waals surface area contributed by atoms with Crippen LogP contribution in [-0.4, -0.2) is 14.9 Å². The molecule has 4 nitrogen and oxygen atoms in total. The Labute approximate surface area is 166 Å². The number of halogens is 1. The van der Waals surface area contributed by atoms with Crippen LogP contribution in [0, 0.1) is 6.92 Å². The third kappa shape index (κ3) is 2.97. The third-order valence-corrected chi connectivity index (χ3v) is 6.27. The number of nitrogens with one attached hydrogen (secondary N) is 1. The second-order valence-corrected chi connectivity index (χ2v) is 8.17. The Balaban J connectivity index is 1.46. The van der Waals surface area contributed by atoms with Gasteiger partial charge in [-0.15, -0.1) is 10.2 Å². The van der Waals surface area contributed by atoms with Gasteiger partial charge in [-0.1, -0.05) is 71.9 Å². The Morgan fingerprint density at radius 1 is 1.07 bits per heavy atom. The molecule has 0 aliphatic carbocycles. The fourth-order valence-electron chi connectivity index (χ4n) is 3.46. The molecule has 3 aromatic carbocycles. The average molecular weight is 393 g/mol. The first-order valence-electron chi connectivity index (χ1n) is 8.79. The molecule has 0 saturated heterocycles. The zero-order valence-corrected chi connectivity index (χ0v) is 16.3. The SMILES string of the molecule is Cc1cccc2cc(C3Nn4c(Cc5ccccc5)nnc4S3)c(Cl)cc12. The largest absolute Gasteiger partial charge is 0.304 e. The standard InChI is InChI=1S/C21H17ClN4S/c1-13-6-5-9-15-11-17(18(22)12-16(13)15)20-25-26-19(23-24-21(26)27-20)10-14-7-3-2-4-8-14/h2-9,11-12,20,25H,10H2,1H3. The van der Waals surface area contributed by atoms with Crippen molar-refractivity contribution in [2.24, 2.45) is 0 Å². The maximum absolute atomic E-state index is 6.64. The molecule has 0 saturated carbocycles. The van der Waals surface area contributed by atoms with Crippen LogP contribution in [0.25, 0.3) is 10.8 Å². The number of benzene rings is 3. The summed E-state index contributed by atoms with van der Waals surface area (Å²) in [7, 11) is 0. The highest BCUT2D eigenvalue weighted by Crippen LogP contribution is 2.42. The first-order chi connectivity index (χ1) is 13.2. The molecule has 1 atom stereocenters. The topological polar surface area (TPSA) is 42.7 Å². The minimum atomic E-state index is 0.0161. The van der Waals surface area contributed by atoms with Crippen molar-refractivity contribution in [1.29, 1.82) is 0 Å². The van der Waals surface area contributed by atoms with Crippen LogP contribution >= 0.6 is 23.4 Å². The highest BCUT2D eigenvalue weighted by Gasteiger charge is 2.29. The summed E-state index contributed by atoms with van der Waals surface area (Å²) in [4.78, 5) is 0. The summed E-state index contributed by atoms with van der Waals surface area (Å²) in [6, 6.07) is 20.9. The average Bonchev–Trinajstić information content (AvgIpc) is 3.25. The summed E-state index contributed by atoms with van der Waals surface area (Å²) in [6.45, 7) is 2.11. The molecule has 0 radical (unpaired) electrons. The van der Waals surface area contributed by atoms with Crippen LogP contribution in [0.1, 0.15) is 27.9 Å². The molecule has 0 amide bonds. The van der Waals surface area contributed by atoms with Gasteiger partial charge in [-0.3, -0.25) is 0 Å². The molecule has 1 N–H and O–H groups in total. The predicted molar refractivity (Wildman–Crippen MR) is 111 cm³/mol. The molecule has 5 rings (SSSR count). The Bertz CT molecular complexity index is 1140. The van der Waals surface area contributed by atoms with Crippen molar-refractivity contribution in [2.75, 3.05) is 5.43 Å². The minimum absolute atomic E-state index is 0.0161. The summed E-state index contributed by atoms with van der Waals surface area (Å²) in [5, 5.41) is 12.7. The van der Waals surface area contributed by atoms with E-state index in [4.69, 9.17) is 11.6 Å². The molecule has 2 heterocycles. The highest BCUT2D eigenvalue weighted by molar-refractivity contribution is 7.99. The van der Waals surface area contributed by atoms with Crippen LogP contribution in [0.3, 0.4) is 0 Å². The lowest BCUT2D eigenvalue weighted by Gasteiger charge is -2.15. The molecule has 1 aliphatic heterocycles. The molecular formula is C21H17ClN4S. The number of thioether (sulfide) groups is 1. The van der Waals surface area contributed by atoms with Crippen molar-refractivity contribution in [1.82, 2.24) is 14.9 Å². The first kappa shape index (κ1) is 16.7. The normalized spacial score (nSPS) is 15.7. The molecule has 1 aromatic heterocycles. The van der Waals surface area contributed by atoms with E-state index >= 15 is 0 Å². The zero-order valence-electron chi connectivity index (χ0n) is 14.7. The molecule has 134 valence electrons. The minimum Gasteiger partial charge on any atom is -0.304 e. The van der Waals surface area contributed by atoms with E-state index in [1.54, 1.807) is 11.8 Å². The maximum atomic E-state index is 6.64. The number of aromatic nitrogens is 3. The number of hydrogen-bond acceptors (Lipinski definition) is 4. The fourth-order valence-corrected chi connectivity index (χ4v) is 4.83. The van der Waals surface area contributed by atoms with Crippen LogP contribution < -0.4 is 5.43 Å². The van der Waals surface area contributed by atoms with E-state index in [1.807, 2.05) is 22.9 Å². The second-order valence-electron chi connectivity index (χ2n) is 6.69. The van der Waals surface area contributed by atoms with Gasteiger partial charge in [0.25, 0.3) is 0 Å². The summed E-state index contributed by atoms with van der Waals surface area (Å²) in [5.74, 6) is 0.902. The Morgan fingerprint density at radius 3 is 2.78 bits per heavy atom. The van der Waals surface area contributed by atoms with E-state index < -0.39 is 0 Å². The van der Waals surface area contributed by atoms with Crippen LogP contribution in [0.5, 0.6) is 0 Å². The Hall–Kier alpha value is -2.50. The van der Waals surface area contributed by atoms with Crippen molar-refractivity contribution in [3.05, 3.63) is 88.2 Å². The van der Waals surface area contributed by atoms with Crippen molar-refractivity contribution in [3.63, 3.8) is 0 Å². The Kier molecular flexibility index (Phi) is 4.06. The molecule has 0 spiro atoms. The molecule has 27 heavy (non-hydrogen) atoms. The highest BCUT2D eigenvalue weighted by atomic mass is 35.5. The van der Waals surface area contributed by atoms with Gasteiger partial charge in [0.15, 0.2) is 5.82 Å². The molecule has 4 aromatic rings. The van der Waals surface area contributed by atoms with Gasteiger partial charge in [0, 0.05) is 17.0 Å². The molecular weight excluding hydrogens is 376 g/mol. The summed E-state index contributed by atoms with van der Waals surface area (Å²) in [5.41, 5.74) is 7.02. The predicted octanol–water partition coefficient (Wildman–Crippen LogP) is 5.33. The maximum Gasteiger partial charge on any atom is 0.212 e. The van der Waals surface area contributed by atoms with E-state index in [0.717, 1.165) is 28.0 Å². The summed E-state index contributed by atoms with van der Waals surface area (Å²) < 4.78 is 1.99. The number of aryl methyl sites for hydroxylation is 1. The van der Waals surface area contributed by atoms with Gasteiger partial charge in [0.05, 0.1) is 0 Å². The quantitative estimate of drug-likeness (QED) is 0.511. The molecule has 0 fully saturated rings. The summed E-state index contributed by atoms with van der Waals surface area (Å²) in [6.07, 6.45) is 0.735. The Morgan fingerprint density at radius 2 is 1.93 bits per heavy atom. The van der Waals surface area contributed by atoms with Crippen LogP contribution in [0.4, 0.5) is 0 Å². The van der Waals surface area contributed by atoms with E-state index in [1.165, 1.54) is 21.9 Å². The molecule has 6 heteroatoms. The lowest BCUT2D eigenvalue weighted by Crippen LogP contribution is -2.16. The molecule has 1 aliphatic rings. The lowest BCUT2D eigenvalue weighted by molar-refractivity contribution is 0.747. The lowest BCUT2D eigenvalue weighted by atomic mass is 10.0. The van der Waals surface area contributed by atoms with Crippen molar-refractivity contribution < 1.29 is 0 Å². The number of fused-ring (bicyclic) bond motifs is 2. The smallest absolute Gasteiger partial charge is 0.212 e. The fraction of sp³-hybridized carbons (Fsp3) is 0.143. The summed E-state index contributed by atoms with van der Waals surface area (Å²) >= 11 is 8.28. The van der Waals surface area contributed by atoms with Gasteiger partial charge < -0.3 is 5.43 Å². The number of rotatable bonds is 3. The van der Waals surface area contributed by atoms with Gasteiger partial charge in [0.2, 0.25) is 5.16 Å². The van der Waals surface area contributed by atoms with Crippen LogP contribution in [0.15, 0.2) is 65.8 Å². The van der Waals surface area contributed by atoms with Gasteiger partial charge in [-0.25, -0.2) is 4.68 Å². The van der Waals surface area contributed by atoms with E-state index in [-0.39, 0.29) is 5.37 Å². The van der Waals surface area contributed by atoms with E-state index in [2.05, 4.69) is 65.0 Å². The van der Waals surface area contributed by atoms with Gasteiger partial charge in [-0.05, 0) is 41.0 Å². The van der Waals surface area contributed by atoms with E-state index in [9.17, 15) is 0 Å². The number of hydrogen-bond donors (Lipinski definition) is 1. The van der Waals surface area contributed by atoms with Gasteiger partial charge in [-0.2, -0.15) is 0 Å². The number of nitrogens with zero attached hydrogens (tertiary/aromatic N) is 3. The zero-order chi connectivity index (χ0) is 18.4. The monoisotopic (exact) mass is 392 g/mol. The van der Waals surface area contributed by atoms with Crippen LogP contribution in [-0.2, 0) is 6.42 Å². The third-order valence-electron chi connectivity index (χ3n) is 4.87. The van der Waals surface area contributed by atoms with E-state index in [0.29, 0.717) is 0 Å². The van der Waals surface area contributed by atoms with Crippen LogP contribution in [0.2, 0.25) is 5.02 Å². The molecule has 0 bridgehead atoms.